The molecule has 2 aliphatic rings. The second-order valence-corrected chi connectivity index (χ2v) is 7.20. The van der Waals surface area contributed by atoms with E-state index in [4.69, 9.17) is 5.73 Å². The second kappa shape index (κ2) is 5.22. The maximum absolute atomic E-state index is 12.4. The van der Waals surface area contributed by atoms with Crippen molar-refractivity contribution in [1.82, 2.24) is 8.61 Å². The molecule has 0 spiro atoms. The normalized spacial score (nSPS) is 28.3. The molecule has 5 nitrogen and oxygen atoms in total. The fourth-order valence-electron chi connectivity index (χ4n) is 2.55. The quantitative estimate of drug-likeness (QED) is 0.796. The molecule has 1 heterocycles. The van der Waals surface area contributed by atoms with Gasteiger partial charge in [-0.15, -0.1) is 0 Å². The van der Waals surface area contributed by atoms with Gasteiger partial charge in [0.15, 0.2) is 0 Å². The van der Waals surface area contributed by atoms with Gasteiger partial charge in [0.1, 0.15) is 0 Å². The molecule has 2 N–H and O–H groups in total. The van der Waals surface area contributed by atoms with Crippen LogP contribution in [0.1, 0.15) is 32.1 Å². The molecule has 0 bridgehead atoms. The molecule has 0 aromatic rings. The van der Waals surface area contributed by atoms with Gasteiger partial charge in [0.2, 0.25) is 0 Å². The zero-order valence-electron chi connectivity index (χ0n) is 10.5. The number of nitrogens with zero attached hydrogens (tertiary/aromatic N) is 2. The van der Waals surface area contributed by atoms with Crippen molar-refractivity contribution in [3.05, 3.63) is 0 Å². The van der Waals surface area contributed by atoms with Crippen LogP contribution < -0.4 is 5.73 Å². The third kappa shape index (κ3) is 2.65. The van der Waals surface area contributed by atoms with Gasteiger partial charge in [-0.05, 0) is 38.1 Å². The van der Waals surface area contributed by atoms with Gasteiger partial charge < -0.3 is 5.73 Å². The van der Waals surface area contributed by atoms with Gasteiger partial charge >= 0.3 is 0 Å². The van der Waals surface area contributed by atoms with Crippen LogP contribution in [-0.2, 0) is 10.2 Å². The van der Waals surface area contributed by atoms with E-state index in [0.29, 0.717) is 25.6 Å². The predicted molar refractivity (Wildman–Crippen MR) is 67.7 cm³/mol. The number of rotatable bonds is 4. The Balaban J connectivity index is 2.03. The highest BCUT2D eigenvalue weighted by Crippen LogP contribution is 2.28. The summed E-state index contributed by atoms with van der Waals surface area (Å²) in [6.07, 6.45) is 5.14. The molecule has 1 aliphatic heterocycles. The Hall–Kier alpha value is -0.170. The van der Waals surface area contributed by atoms with Crippen LogP contribution in [0.15, 0.2) is 0 Å². The Bertz CT molecular complexity index is 354. The summed E-state index contributed by atoms with van der Waals surface area (Å²) >= 11 is 0. The summed E-state index contributed by atoms with van der Waals surface area (Å²) in [6, 6.07) is 0.221. The first-order valence-electron chi connectivity index (χ1n) is 6.49. The second-order valence-electron chi connectivity index (χ2n) is 5.21. The fraction of sp³-hybridized carbons (Fsp3) is 1.00. The molecule has 1 unspecified atom stereocenters. The Labute approximate surface area is 104 Å². The van der Waals surface area contributed by atoms with E-state index in [1.807, 2.05) is 0 Å². The zero-order chi connectivity index (χ0) is 12.5. The smallest absolute Gasteiger partial charge is 0.281 e. The molecule has 2 fully saturated rings. The molecule has 0 amide bonds. The lowest BCUT2D eigenvalue weighted by Crippen LogP contribution is -2.52. The number of hydrogen-bond donors (Lipinski definition) is 1. The minimum atomic E-state index is -3.25. The number of piperidine rings is 1. The van der Waals surface area contributed by atoms with Gasteiger partial charge in [-0.2, -0.15) is 17.0 Å². The highest BCUT2D eigenvalue weighted by molar-refractivity contribution is 7.86. The van der Waals surface area contributed by atoms with Crippen LogP contribution in [0.4, 0.5) is 0 Å². The van der Waals surface area contributed by atoms with E-state index in [0.717, 1.165) is 32.1 Å². The van der Waals surface area contributed by atoms with Crippen LogP contribution in [0.5, 0.6) is 0 Å². The van der Waals surface area contributed by atoms with E-state index in [1.54, 1.807) is 15.7 Å². The van der Waals surface area contributed by atoms with Gasteiger partial charge in [0, 0.05) is 26.2 Å². The van der Waals surface area contributed by atoms with E-state index < -0.39 is 10.2 Å². The van der Waals surface area contributed by atoms with E-state index in [2.05, 4.69) is 0 Å². The maximum atomic E-state index is 12.4. The molecule has 0 aromatic heterocycles. The van der Waals surface area contributed by atoms with Gasteiger partial charge in [-0.1, -0.05) is 6.42 Å². The molecule has 2 rings (SSSR count). The molecule has 0 aromatic carbocycles. The Morgan fingerprint density at radius 3 is 2.53 bits per heavy atom. The minimum Gasteiger partial charge on any atom is -0.330 e. The average molecular weight is 261 g/mol. The Morgan fingerprint density at radius 1 is 1.29 bits per heavy atom. The van der Waals surface area contributed by atoms with Gasteiger partial charge in [-0.3, -0.25) is 0 Å². The van der Waals surface area contributed by atoms with E-state index in [1.165, 1.54) is 0 Å². The lowest BCUT2D eigenvalue weighted by molar-refractivity contribution is 0.210. The minimum absolute atomic E-state index is 0.221. The summed E-state index contributed by atoms with van der Waals surface area (Å²) in [4.78, 5) is 0. The third-order valence-corrected chi connectivity index (χ3v) is 6.10. The van der Waals surface area contributed by atoms with Crippen LogP contribution in [0, 0.1) is 5.92 Å². The molecule has 1 saturated heterocycles. The Kier molecular flexibility index (Phi) is 4.07. The lowest BCUT2D eigenvalue weighted by Gasteiger charge is -2.39. The molecular formula is C11H23N3O2S. The Morgan fingerprint density at radius 2 is 2.00 bits per heavy atom. The van der Waals surface area contributed by atoms with E-state index in [9.17, 15) is 8.42 Å². The van der Waals surface area contributed by atoms with Gasteiger partial charge in [0.05, 0.1) is 0 Å². The van der Waals surface area contributed by atoms with Gasteiger partial charge in [0.25, 0.3) is 10.2 Å². The maximum Gasteiger partial charge on any atom is 0.281 e. The fourth-order valence-corrected chi connectivity index (χ4v) is 4.26. The third-order valence-electron chi connectivity index (χ3n) is 4.09. The van der Waals surface area contributed by atoms with Crippen molar-refractivity contribution in [2.45, 2.75) is 38.1 Å². The van der Waals surface area contributed by atoms with Crippen molar-refractivity contribution in [3.63, 3.8) is 0 Å². The summed E-state index contributed by atoms with van der Waals surface area (Å²) in [5.41, 5.74) is 5.65. The van der Waals surface area contributed by atoms with Crippen molar-refractivity contribution in [3.8, 4) is 0 Å². The van der Waals surface area contributed by atoms with Crippen molar-refractivity contribution < 1.29 is 8.42 Å². The van der Waals surface area contributed by atoms with Crippen molar-refractivity contribution in [2.24, 2.45) is 11.7 Å². The first kappa shape index (κ1) is 13.3. The first-order valence-corrected chi connectivity index (χ1v) is 7.88. The molecule has 17 heavy (non-hydrogen) atoms. The van der Waals surface area contributed by atoms with Crippen molar-refractivity contribution in [1.29, 1.82) is 0 Å². The van der Waals surface area contributed by atoms with Crippen molar-refractivity contribution >= 4 is 10.2 Å². The molecule has 6 heteroatoms. The molecular weight excluding hydrogens is 238 g/mol. The molecule has 100 valence electrons. The monoisotopic (exact) mass is 261 g/mol. The molecule has 0 radical (unpaired) electrons. The molecule has 1 aliphatic carbocycles. The highest BCUT2D eigenvalue weighted by atomic mass is 32.2. The largest absolute Gasteiger partial charge is 0.330 e. The average Bonchev–Trinajstić information content (AvgIpc) is 2.26. The highest BCUT2D eigenvalue weighted by Gasteiger charge is 2.36. The summed E-state index contributed by atoms with van der Waals surface area (Å²) in [6.45, 7) is 1.82. The summed E-state index contributed by atoms with van der Waals surface area (Å²) in [5.74, 6) is 0.327. The first-order chi connectivity index (χ1) is 8.05. The van der Waals surface area contributed by atoms with Gasteiger partial charge in [-0.25, -0.2) is 0 Å². The molecule has 1 saturated carbocycles. The standard InChI is InChI=1S/C11H23N3O2S/c1-13(11-5-2-6-11)17(15,16)14-7-3-4-10(8-12)9-14/h10-11H,2-9,12H2,1H3. The van der Waals surface area contributed by atoms with Crippen LogP contribution in [-0.4, -0.2) is 49.8 Å². The van der Waals surface area contributed by atoms with Crippen LogP contribution in [0.3, 0.4) is 0 Å². The zero-order valence-corrected chi connectivity index (χ0v) is 11.3. The van der Waals surface area contributed by atoms with Crippen LogP contribution in [0.2, 0.25) is 0 Å². The van der Waals surface area contributed by atoms with Crippen LogP contribution >= 0.6 is 0 Å². The van der Waals surface area contributed by atoms with E-state index in [-0.39, 0.29) is 6.04 Å². The van der Waals surface area contributed by atoms with Crippen molar-refractivity contribution in [2.75, 3.05) is 26.7 Å². The summed E-state index contributed by atoms with van der Waals surface area (Å²) in [5, 5.41) is 0. The summed E-state index contributed by atoms with van der Waals surface area (Å²) < 4.78 is 28.0. The van der Waals surface area contributed by atoms with Crippen LogP contribution in [0.25, 0.3) is 0 Å². The SMILES string of the molecule is CN(C1CCC1)S(=O)(=O)N1CCCC(CN)C1. The number of hydrogen-bond acceptors (Lipinski definition) is 3. The lowest BCUT2D eigenvalue weighted by atomic mass is 9.94. The van der Waals surface area contributed by atoms with E-state index >= 15 is 0 Å². The summed E-state index contributed by atoms with van der Waals surface area (Å²) in [7, 11) is -1.54. The number of nitrogens with two attached hydrogens (primary N) is 1. The molecule has 1 atom stereocenters. The predicted octanol–water partition coefficient (Wildman–Crippen LogP) is 0.386. The topological polar surface area (TPSA) is 66.6 Å².